The summed E-state index contributed by atoms with van der Waals surface area (Å²) >= 11 is 0. The van der Waals surface area contributed by atoms with Gasteiger partial charge in [0.2, 0.25) is 0 Å². The molecule has 1 rings (SSSR count). The van der Waals surface area contributed by atoms with Gasteiger partial charge in [-0.1, -0.05) is 12.5 Å². The van der Waals surface area contributed by atoms with Crippen molar-refractivity contribution in [2.75, 3.05) is 0 Å². The van der Waals surface area contributed by atoms with E-state index in [1.807, 2.05) is 6.92 Å². The lowest BCUT2D eigenvalue weighted by molar-refractivity contribution is -0.131. The van der Waals surface area contributed by atoms with Crippen LogP contribution in [-0.4, -0.2) is 5.91 Å². The molecule has 17 heavy (non-hydrogen) atoms. The average Bonchev–Trinajstić information content (AvgIpc) is 2.27. The van der Waals surface area contributed by atoms with Crippen LogP contribution in [0.25, 0.3) is 0 Å². The minimum absolute atomic E-state index is 0.201. The largest absolute Gasteiger partial charge is 0.380 e. The van der Waals surface area contributed by atoms with Gasteiger partial charge in [-0.3, -0.25) is 4.79 Å². The Bertz CT molecular complexity index is 400. The van der Waals surface area contributed by atoms with E-state index in [1.165, 1.54) is 24.3 Å². The van der Waals surface area contributed by atoms with Crippen LogP contribution < -0.4 is 10.3 Å². The van der Waals surface area contributed by atoms with Gasteiger partial charge in [0, 0.05) is 5.92 Å². The van der Waals surface area contributed by atoms with Crippen molar-refractivity contribution in [2.24, 2.45) is 5.92 Å². The molecule has 0 bridgehead atoms. The van der Waals surface area contributed by atoms with Crippen LogP contribution in [-0.2, 0) is 4.79 Å². The number of hydrogen-bond donors (Lipinski definition) is 1. The fourth-order valence-corrected chi connectivity index (χ4v) is 1.33. The molecule has 0 saturated carbocycles. The first-order valence-electron chi connectivity index (χ1n) is 5.35. The predicted octanol–water partition coefficient (Wildman–Crippen LogP) is 2.84. The molecule has 0 aromatic heterocycles. The first kappa shape index (κ1) is 13.2. The third-order valence-electron chi connectivity index (χ3n) is 2.19. The van der Waals surface area contributed by atoms with Crippen LogP contribution in [0.15, 0.2) is 36.4 Å². The molecule has 0 saturated heterocycles. The van der Waals surface area contributed by atoms with Gasteiger partial charge in [0.15, 0.2) is 5.75 Å². The van der Waals surface area contributed by atoms with E-state index < -0.39 is 0 Å². The SMILES string of the molecule is C=C(C)CC(C)C(=O)NOc1ccc(F)cc1. The molecule has 3 nitrogen and oxygen atoms in total. The van der Waals surface area contributed by atoms with Gasteiger partial charge >= 0.3 is 0 Å². The molecule has 0 radical (unpaired) electrons. The van der Waals surface area contributed by atoms with Gasteiger partial charge in [-0.25, -0.2) is 4.39 Å². The van der Waals surface area contributed by atoms with Crippen LogP contribution in [0.4, 0.5) is 4.39 Å². The van der Waals surface area contributed by atoms with E-state index >= 15 is 0 Å². The van der Waals surface area contributed by atoms with E-state index in [4.69, 9.17) is 4.84 Å². The lowest BCUT2D eigenvalue weighted by Crippen LogP contribution is -2.32. The van der Waals surface area contributed by atoms with E-state index in [0.29, 0.717) is 12.2 Å². The molecule has 0 aliphatic rings. The Hall–Kier alpha value is -1.84. The third-order valence-corrected chi connectivity index (χ3v) is 2.19. The maximum absolute atomic E-state index is 12.6. The molecule has 0 fully saturated rings. The minimum Gasteiger partial charge on any atom is -0.380 e. The minimum atomic E-state index is -0.348. The Kier molecular flexibility index (Phi) is 4.69. The van der Waals surface area contributed by atoms with Crippen molar-refractivity contribution in [3.63, 3.8) is 0 Å². The van der Waals surface area contributed by atoms with Crippen molar-refractivity contribution in [3.8, 4) is 5.75 Å². The Morgan fingerprint density at radius 3 is 2.59 bits per heavy atom. The van der Waals surface area contributed by atoms with Crippen molar-refractivity contribution in [3.05, 3.63) is 42.2 Å². The van der Waals surface area contributed by atoms with E-state index in [2.05, 4.69) is 12.1 Å². The highest BCUT2D eigenvalue weighted by Crippen LogP contribution is 2.12. The number of halogens is 1. The van der Waals surface area contributed by atoms with Gasteiger partial charge in [-0.15, -0.1) is 6.58 Å². The van der Waals surface area contributed by atoms with Gasteiger partial charge in [-0.2, -0.15) is 5.48 Å². The van der Waals surface area contributed by atoms with Crippen molar-refractivity contribution in [1.82, 2.24) is 5.48 Å². The summed E-state index contributed by atoms with van der Waals surface area (Å²) in [7, 11) is 0. The Morgan fingerprint density at radius 2 is 2.06 bits per heavy atom. The highest BCUT2D eigenvalue weighted by molar-refractivity contribution is 5.77. The van der Waals surface area contributed by atoms with Gasteiger partial charge in [-0.05, 0) is 37.6 Å². The molecule has 4 heteroatoms. The molecule has 1 aromatic rings. The third kappa shape index (κ3) is 4.68. The Morgan fingerprint density at radius 1 is 1.47 bits per heavy atom. The molecule has 1 amide bonds. The standard InChI is InChI=1S/C13H16FNO2/c1-9(2)8-10(3)13(16)15-17-12-6-4-11(14)5-7-12/h4-7,10H,1,8H2,2-3H3,(H,15,16). The van der Waals surface area contributed by atoms with E-state index in [0.717, 1.165) is 5.57 Å². The quantitative estimate of drug-likeness (QED) is 0.631. The lowest BCUT2D eigenvalue weighted by atomic mass is 10.0. The number of hydroxylamine groups is 1. The second-order valence-corrected chi connectivity index (χ2v) is 4.08. The van der Waals surface area contributed by atoms with Gasteiger partial charge in [0.25, 0.3) is 5.91 Å². The number of amides is 1. The maximum atomic E-state index is 12.6. The molecule has 0 aliphatic carbocycles. The summed E-state index contributed by atoms with van der Waals surface area (Å²) < 4.78 is 12.6. The van der Waals surface area contributed by atoms with E-state index in [-0.39, 0.29) is 17.6 Å². The summed E-state index contributed by atoms with van der Waals surface area (Å²) in [4.78, 5) is 16.6. The molecule has 92 valence electrons. The molecule has 1 atom stereocenters. The van der Waals surface area contributed by atoms with Crippen LogP contribution in [0.5, 0.6) is 5.75 Å². The van der Waals surface area contributed by atoms with Crippen LogP contribution in [0.1, 0.15) is 20.3 Å². The number of carbonyl (C=O) groups excluding carboxylic acids is 1. The predicted molar refractivity (Wildman–Crippen MR) is 63.8 cm³/mol. The van der Waals surface area contributed by atoms with Gasteiger partial charge in [0.05, 0.1) is 0 Å². The van der Waals surface area contributed by atoms with E-state index in [1.54, 1.807) is 6.92 Å². The molecule has 0 spiro atoms. The lowest BCUT2D eigenvalue weighted by Gasteiger charge is -2.12. The summed E-state index contributed by atoms with van der Waals surface area (Å²) in [6.45, 7) is 7.40. The molecular formula is C13H16FNO2. The Balaban J connectivity index is 2.42. The Labute approximate surface area is 100 Å². The number of rotatable bonds is 5. The fraction of sp³-hybridized carbons (Fsp3) is 0.308. The summed E-state index contributed by atoms with van der Waals surface area (Å²) in [5.41, 5.74) is 3.26. The van der Waals surface area contributed by atoms with Gasteiger partial charge in [0.1, 0.15) is 5.82 Å². The smallest absolute Gasteiger partial charge is 0.255 e. The van der Waals surface area contributed by atoms with Crippen molar-refractivity contribution >= 4 is 5.91 Å². The second-order valence-electron chi connectivity index (χ2n) is 4.08. The highest BCUT2D eigenvalue weighted by atomic mass is 19.1. The zero-order valence-electron chi connectivity index (χ0n) is 10.00. The summed E-state index contributed by atoms with van der Waals surface area (Å²) in [6.07, 6.45) is 0.610. The maximum Gasteiger partial charge on any atom is 0.255 e. The second kappa shape index (κ2) is 6.03. The first-order chi connectivity index (χ1) is 7.99. The van der Waals surface area contributed by atoms with Gasteiger partial charge < -0.3 is 4.84 Å². The van der Waals surface area contributed by atoms with Crippen molar-refractivity contribution < 1.29 is 14.0 Å². The van der Waals surface area contributed by atoms with Crippen molar-refractivity contribution in [2.45, 2.75) is 20.3 Å². The van der Waals surface area contributed by atoms with E-state index in [9.17, 15) is 9.18 Å². The molecular weight excluding hydrogens is 221 g/mol. The van der Waals surface area contributed by atoms with Crippen molar-refractivity contribution in [1.29, 1.82) is 0 Å². The number of benzene rings is 1. The number of allylic oxidation sites excluding steroid dienone is 1. The monoisotopic (exact) mass is 237 g/mol. The highest BCUT2D eigenvalue weighted by Gasteiger charge is 2.13. The summed E-state index contributed by atoms with van der Waals surface area (Å²) in [5, 5.41) is 0. The van der Waals surface area contributed by atoms with Crippen LogP contribution in [0.2, 0.25) is 0 Å². The zero-order valence-corrected chi connectivity index (χ0v) is 10.00. The first-order valence-corrected chi connectivity index (χ1v) is 5.35. The molecule has 1 aromatic carbocycles. The molecule has 1 N–H and O–H groups in total. The number of hydrogen-bond acceptors (Lipinski definition) is 2. The topological polar surface area (TPSA) is 38.3 Å². The zero-order chi connectivity index (χ0) is 12.8. The summed E-state index contributed by atoms with van der Waals surface area (Å²) in [5.74, 6) is -0.383. The fourth-order valence-electron chi connectivity index (χ4n) is 1.33. The molecule has 0 aliphatic heterocycles. The van der Waals surface area contributed by atoms with Crippen LogP contribution >= 0.6 is 0 Å². The normalized spacial score (nSPS) is 11.7. The summed E-state index contributed by atoms with van der Waals surface area (Å²) in [6, 6.07) is 5.41. The molecule has 0 heterocycles. The number of nitrogens with one attached hydrogen (secondary N) is 1. The van der Waals surface area contributed by atoms with Crippen LogP contribution in [0.3, 0.4) is 0 Å². The molecule has 1 unspecified atom stereocenters. The van der Waals surface area contributed by atoms with Crippen LogP contribution in [0, 0.1) is 11.7 Å². The average molecular weight is 237 g/mol. The number of carbonyl (C=O) groups is 1.